The number of carboxylic acid groups (broad SMARTS) is 4. The van der Waals surface area contributed by atoms with Gasteiger partial charge in [-0.2, -0.15) is 0 Å². The monoisotopic (exact) mass is 660 g/mol. The molecule has 0 radical (unpaired) electrons. The van der Waals surface area contributed by atoms with Crippen LogP contribution in [-0.4, -0.2) is 142 Å². The number of rotatable bonds is 9. The van der Waals surface area contributed by atoms with Crippen LogP contribution in [0.5, 0.6) is 0 Å². The van der Waals surface area contributed by atoms with E-state index in [1.54, 1.807) is 53.4 Å². The van der Waals surface area contributed by atoms with Gasteiger partial charge >= 0.3 is 23.9 Å². The zero-order chi connectivity index (χ0) is 33.8. The van der Waals surface area contributed by atoms with E-state index in [4.69, 9.17) is 18.9 Å². The van der Waals surface area contributed by atoms with E-state index in [1.165, 1.54) is 9.80 Å². The molecule has 2 aromatic carbocycles. The Morgan fingerprint density at radius 1 is 0.638 bits per heavy atom. The Labute approximate surface area is 271 Å². The minimum absolute atomic E-state index is 0.0170. The minimum Gasteiger partial charge on any atom is -0.480 e. The molecule has 16 heteroatoms. The summed E-state index contributed by atoms with van der Waals surface area (Å²) in [6.07, 6.45) is 0. The Hall–Kier alpha value is -4.64. The highest BCUT2D eigenvalue weighted by atomic mass is 16.6. The van der Waals surface area contributed by atoms with Gasteiger partial charge in [-0.25, -0.2) is 4.79 Å². The number of aliphatic carboxylic acids is 4. The molecule has 47 heavy (non-hydrogen) atoms. The van der Waals surface area contributed by atoms with E-state index in [2.05, 4.69) is 0 Å². The molecule has 16 nitrogen and oxygen atoms in total. The summed E-state index contributed by atoms with van der Waals surface area (Å²) in [5.74, 6) is -4.93. The molecule has 1 saturated heterocycles. The molecule has 0 aromatic heterocycles. The second-order valence-electron chi connectivity index (χ2n) is 10.8. The largest absolute Gasteiger partial charge is 0.480 e. The molecule has 1 atom stereocenters. The Morgan fingerprint density at radius 2 is 1.15 bits per heavy atom. The smallest absolute Gasteiger partial charge is 0.359 e. The van der Waals surface area contributed by atoms with Gasteiger partial charge in [0.2, 0.25) is 0 Å². The van der Waals surface area contributed by atoms with Crippen molar-refractivity contribution < 1.29 is 58.6 Å². The van der Waals surface area contributed by atoms with Crippen molar-refractivity contribution in [2.45, 2.75) is 5.72 Å². The van der Waals surface area contributed by atoms with Gasteiger partial charge in [-0.15, -0.1) is 0 Å². The van der Waals surface area contributed by atoms with Crippen LogP contribution in [0, 0.1) is 0 Å². The zero-order valence-electron chi connectivity index (χ0n) is 25.9. The van der Waals surface area contributed by atoms with Gasteiger partial charge in [0.05, 0.1) is 75.5 Å². The van der Waals surface area contributed by atoms with Crippen molar-refractivity contribution in [3.63, 3.8) is 0 Å². The highest BCUT2D eigenvalue weighted by molar-refractivity contribution is 5.91. The molecule has 1 fully saturated rings. The topological polar surface area (TPSA) is 199 Å². The van der Waals surface area contributed by atoms with E-state index < -0.39 is 49.2 Å². The van der Waals surface area contributed by atoms with E-state index in [0.717, 1.165) is 0 Å². The minimum atomic E-state index is -2.03. The zero-order valence-corrected chi connectivity index (χ0v) is 25.9. The van der Waals surface area contributed by atoms with Crippen LogP contribution in [0.25, 0.3) is 0 Å². The second-order valence-corrected chi connectivity index (χ2v) is 10.8. The number of carbonyl (C=O) groups is 4. The maximum Gasteiger partial charge on any atom is 0.359 e. The fourth-order valence-electron chi connectivity index (χ4n) is 5.62. The quantitative estimate of drug-likeness (QED) is 0.293. The molecule has 0 saturated carbocycles. The van der Waals surface area contributed by atoms with E-state index in [-0.39, 0.29) is 46.2 Å². The van der Waals surface area contributed by atoms with Crippen molar-refractivity contribution in [2.75, 3.05) is 112 Å². The molecule has 256 valence electrons. The van der Waals surface area contributed by atoms with Gasteiger partial charge in [0, 0.05) is 19.6 Å². The van der Waals surface area contributed by atoms with E-state index in [9.17, 15) is 39.6 Å². The van der Waals surface area contributed by atoms with Crippen LogP contribution in [0.3, 0.4) is 0 Å². The number of anilines is 4. The van der Waals surface area contributed by atoms with Gasteiger partial charge in [-0.05, 0) is 24.3 Å². The van der Waals surface area contributed by atoms with Crippen LogP contribution in [0.15, 0.2) is 48.5 Å². The number of para-hydroxylation sites is 4. The first-order valence-corrected chi connectivity index (χ1v) is 15.1. The fourth-order valence-corrected chi connectivity index (χ4v) is 5.62. The molecule has 1 unspecified atom stereocenters. The molecule has 2 aromatic rings. The SMILES string of the molecule is O=C(O)CN(CC(=O)O)c1ccccc1N1CCOCCOCCN2CC(C(=O)O)(OCCOCC1)N(CC(=O)O)c1ccccc12. The van der Waals surface area contributed by atoms with Gasteiger partial charge in [0.1, 0.15) is 19.6 Å². The highest BCUT2D eigenvalue weighted by Crippen LogP contribution is 2.40. The lowest BCUT2D eigenvalue weighted by Crippen LogP contribution is -2.67. The molecule has 2 aliphatic rings. The molecular formula is C31H40N4O12. The van der Waals surface area contributed by atoms with Crippen molar-refractivity contribution in [1.82, 2.24) is 0 Å². The van der Waals surface area contributed by atoms with E-state index >= 15 is 0 Å². The third-order valence-corrected chi connectivity index (χ3v) is 7.65. The molecule has 2 heterocycles. The number of hydrogen-bond donors (Lipinski definition) is 4. The van der Waals surface area contributed by atoms with Crippen LogP contribution in [-0.2, 0) is 38.1 Å². The summed E-state index contributed by atoms with van der Waals surface area (Å²) in [7, 11) is 0. The predicted octanol–water partition coefficient (Wildman–Crippen LogP) is 0.741. The van der Waals surface area contributed by atoms with Gasteiger partial charge in [0.15, 0.2) is 0 Å². The Kier molecular flexibility index (Phi) is 12.6. The van der Waals surface area contributed by atoms with E-state index in [0.29, 0.717) is 49.0 Å². The molecular weight excluding hydrogens is 620 g/mol. The van der Waals surface area contributed by atoms with Gasteiger partial charge in [-0.3, -0.25) is 14.4 Å². The lowest BCUT2D eigenvalue weighted by atomic mass is 10.0. The standard InChI is InChI=1S/C31H40N4O12/c36-27(37)19-34(20-28(38)39)24-6-2-1-5-23(24)32-9-12-44-15-16-45-14-11-33-22-31(30(42)43,47-18-17-46-13-10-32)35(21-29(40)41)26-8-4-3-7-25(26)33/h1-8H,9-22H2,(H,36,37)(H,38,39)(H,40,41)(H,42,43). The molecule has 0 spiro atoms. The fraction of sp³-hybridized carbons (Fsp3) is 0.484. The number of ether oxygens (including phenoxy) is 4. The van der Waals surface area contributed by atoms with E-state index in [1.807, 2.05) is 4.90 Å². The van der Waals surface area contributed by atoms with Crippen LogP contribution in [0.1, 0.15) is 0 Å². The van der Waals surface area contributed by atoms with Crippen molar-refractivity contribution >= 4 is 46.6 Å². The summed E-state index contributed by atoms with van der Waals surface area (Å²) in [5.41, 5.74) is 0.0176. The van der Waals surface area contributed by atoms with Crippen LogP contribution < -0.4 is 19.6 Å². The van der Waals surface area contributed by atoms with Gasteiger partial charge in [-0.1, -0.05) is 24.3 Å². The Bertz CT molecular complexity index is 1380. The summed E-state index contributed by atoms with van der Waals surface area (Å²) in [4.78, 5) is 54.1. The highest BCUT2D eigenvalue weighted by Gasteiger charge is 2.52. The summed E-state index contributed by atoms with van der Waals surface area (Å²) in [6, 6.07) is 13.8. The molecule has 4 N–H and O–H groups in total. The number of hydrogen-bond acceptors (Lipinski definition) is 12. The normalized spacial score (nSPS) is 20.0. The summed E-state index contributed by atoms with van der Waals surface area (Å²) in [5, 5.41) is 39.0. The maximum absolute atomic E-state index is 12.9. The van der Waals surface area contributed by atoms with Crippen LogP contribution in [0.2, 0.25) is 0 Å². The van der Waals surface area contributed by atoms with Crippen molar-refractivity contribution in [3.8, 4) is 0 Å². The summed E-state index contributed by atoms with van der Waals surface area (Å²) in [6.45, 7) is 0.146. The first kappa shape index (κ1) is 35.2. The average molecular weight is 661 g/mol. The Morgan fingerprint density at radius 3 is 1.70 bits per heavy atom. The van der Waals surface area contributed by atoms with Gasteiger partial charge in [0.25, 0.3) is 5.72 Å². The predicted molar refractivity (Wildman–Crippen MR) is 169 cm³/mol. The number of carboxylic acids is 4. The van der Waals surface area contributed by atoms with Crippen LogP contribution in [0.4, 0.5) is 22.7 Å². The lowest BCUT2D eigenvalue weighted by Gasteiger charge is -2.49. The van der Waals surface area contributed by atoms with Crippen molar-refractivity contribution in [1.29, 1.82) is 0 Å². The molecule has 2 aliphatic heterocycles. The second kappa shape index (κ2) is 16.8. The van der Waals surface area contributed by atoms with Crippen molar-refractivity contribution in [2.24, 2.45) is 0 Å². The first-order chi connectivity index (χ1) is 22.6. The Balaban J connectivity index is 1.56. The van der Waals surface area contributed by atoms with Gasteiger partial charge < -0.3 is 59.0 Å². The molecule has 4 rings (SSSR count). The third kappa shape index (κ3) is 9.22. The maximum atomic E-state index is 12.9. The number of nitrogens with zero attached hydrogens (tertiary/aromatic N) is 4. The summed E-state index contributed by atoms with van der Waals surface area (Å²) >= 11 is 0. The van der Waals surface area contributed by atoms with Crippen molar-refractivity contribution in [3.05, 3.63) is 48.5 Å². The molecule has 0 aliphatic carbocycles. The average Bonchev–Trinajstić information content (AvgIpc) is 3.02. The number of benzene rings is 2. The van der Waals surface area contributed by atoms with Crippen LogP contribution >= 0.6 is 0 Å². The first-order valence-electron chi connectivity index (χ1n) is 15.1. The lowest BCUT2D eigenvalue weighted by molar-refractivity contribution is -0.168. The summed E-state index contributed by atoms with van der Waals surface area (Å²) < 4.78 is 23.5. The third-order valence-electron chi connectivity index (χ3n) is 7.65. The molecule has 2 bridgehead atoms. The number of fused-ring (bicyclic) bond motifs is 4. The molecule has 0 amide bonds.